The Labute approximate surface area is 148 Å². The maximum Gasteiger partial charge on any atom is 0.191 e. The van der Waals surface area contributed by atoms with Gasteiger partial charge in [0.15, 0.2) is 5.96 Å². The van der Waals surface area contributed by atoms with E-state index in [1.54, 1.807) is 12.1 Å². The molecule has 0 spiro atoms. The monoisotopic (exact) mass is 343 g/mol. The molecule has 0 aliphatic rings. The SMILES string of the molecule is CCNC(=NCC(O)c1ccc(C)cc1)NCCc1ccc(F)cc1. The van der Waals surface area contributed by atoms with Gasteiger partial charge in [-0.15, -0.1) is 0 Å². The van der Waals surface area contributed by atoms with E-state index in [9.17, 15) is 9.50 Å². The molecule has 5 heteroatoms. The molecule has 2 rings (SSSR count). The number of guanidine groups is 1. The Morgan fingerprint density at radius 3 is 2.40 bits per heavy atom. The Bertz CT molecular complexity index is 668. The predicted molar refractivity (Wildman–Crippen MR) is 100 cm³/mol. The van der Waals surface area contributed by atoms with Gasteiger partial charge in [-0.2, -0.15) is 0 Å². The average Bonchev–Trinajstić information content (AvgIpc) is 2.61. The summed E-state index contributed by atoms with van der Waals surface area (Å²) in [6, 6.07) is 14.3. The number of benzene rings is 2. The summed E-state index contributed by atoms with van der Waals surface area (Å²) in [5, 5.41) is 16.7. The van der Waals surface area contributed by atoms with E-state index in [0.29, 0.717) is 12.5 Å². The van der Waals surface area contributed by atoms with Crippen LogP contribution in [0.4, 0.5) is 4.39 Å². The molecule has 0 aromatic heterocycles. The fourth-order valence-electron chi connectivity index (χ4n) is 2.39. The third kappa shape index (κ3) is 6.55. The van der Waals surface area contributed by atoms with Gasteiger partial charge in [-0.25, -0.2) is 4.39 Å². The highest BCUT2D eigenvalue weighted by molar-refractivity contribution is 5.79. The molecule has 0 radical (unpaired) electrons. The average molecular weight is 343 g/mol. The number of nitrogens with one attached hydrogen (secondary N) is 2. The molecule has 4 nitrogen and oxygen atoms in total. The maximum absolute atomic E-state index is 12.9. The van der Waals surface area contributed by atoms with E-state index >= 15 is 0 Å². The molecule has 1 unspecified atom stereocenters. The van der Waals surface area contributed by atoms with Gasteiger partial charge >= 0.3 is 0 Å². The van der Waals surface area contributed by atoms with Crippen molar-refractivity contribution in [1.29, 1.82) is 0 Å². The van der Waals surface area contributed by atoms with Crippen molar-refractivity contribution in [2.24, 2.45) is 4.99 Å². The number of nitrogens with zero attached hydrogens (tertiary/aromatic N) is 1. The first kappa shape index (κ1) is 18.9. The summed E-state index contributed by atoms with van der Waals surface area (Å²) >= 11 is 0. The number of aliphatic hydroxyl groups excluding tert-OH is 1. The van der Waals surface area contributed by atoms with Crippen molar-refractivity contribution in [3.63, 3.8) is 0 Å². The molecule has 0 fully saturated rings. The van der Waals surface area contributed by atoms with Crippen molar-refractivity contribution in [2.45, 2.75) is 26.4 Å². The molecule has 2 aromatic carbocycles. The summed E-state index contributed by atoms with van der Waals surface area (Å²) in [7, 11) is 0. The second kappa shape index (κ2) is 9.79. The number of hydrogen-bond donors (Lipinski definition) is 3. The van der Waals surface area contributed by atoms with E-state index in [2.05, 4.69) is 15.6 Å². The molecule has 25 heavy (non-hydrogen) atoms. The van der Waals surface area contributed by atoms with E-state index in [1.165, 1.54) is 12.1 Å². The molecule has 0 saturated carbocycles. The standard InChI is InChI=1S/C20H26FN3O/c1-3-22-20(23-13-12-16-6-10-18(21)11-7-16)24-14-19(25)17-8-4-15(2)5-9-17/h4-11,19,25H,3,12-14H2,1-2H3,(H2,22,23,24). The van der Waals surface area contributed by atoms with Crippen molar-refractivity contribution in [1.82, 2.24) is 10.6 Å². The minimum atomic E-state index is -0.631. The van der Waals surface area contributed by atoms with E-state index in [4.69, 9.17) is 0 Å². The zero-order valence-electron chi connectivity index (χ0n) is 14.8. The summed E-state index contributed by atoms with van der Waals surface area (Å²) in [6.45, 7) is 5.71. The van der Waals surface area contributed by atoms with Crippen LogP contribution in [0.2, 0.25) is 0 Å². The largest absolute Gasteiger partial charge is 0.386 e. The maximum atomic E-state index is 12.9. The molecule has 0 amide bonds. The fourth-order valence-corrected chi connectivity index (χ4v) is 2.39. The fraction of sp³-hybridized carbons (Fsp3) is 0.350. The van der Waals surface area contributed by atoms with Crippen LogP contribution in [0.5, 0.6) is 0 Å². The van der Waals surface area contributed by atoms with Gasteiger partial charge < -0.3 is 15.7 Å². The van der Waals surface area contributed by atoms with Gasteiger partial charge in [0.25, 0.3) is 0 Å². The number of halogens is 1. The molecule has 1 atom stereocenters. The highest BCUT2D eigenvalue weighted by Gasteiger charge is 2.07. The Morgan fingerprint density at radius 2 is 1.76 bits per heavy atom. The molecule has 3 N–H and O–H groups in total. The van der Waals surface area contributed by atoms with Crippen molar-refractivity contribution < 1.29 is 9.50 Å². The molecule has 0 heterocycles. The first-order chi connectivity index (χ1) is 12.1. The van der Waals surface area contributed by atoms with E-state index in [0.717, 1.165) is 29.7 Å². The molecule has 0 aliphatic heterocycles. The molecule has 0 bridgehead atoms. The van der Waals surface area contributed by atoms with Crippen molar-refractivity contribution in [3.8, 4) is 0 Å². The number of aliphatic hydroxyl groups is 1. The molecule has 0 aliphatic carbocycles. The smallest absolute Gasteiger partial charge is 0.191 e. The molecular weight excluding hydrogens is 317 g/mol. The molecule has 134 valence electrons. The summed E-state index contributed by atoms with van der Waals surface area (Å²) in [4.78, 5) is 4.44. The lowest BCUT2D eigenvalue weighted by Crippen LogP contribution is -2.38. The minimum Gasteiger partial charge on any atom is -0.386 e. The van der Waals surface area contributed by atoms with Crippen LogP contribution in [0.1, 0.15) is 29.7 Å². The first-order valence-electron chi connectivity index (χ1n) is 8.59. The lowest BCUT2D eigenvalue weighted by molar-refractivity contribution is 0.187. The predicted octanol–water partition coefficient (Wildman–Crippen LogP) is 2.97. The first-order valence-corrected chi connectivity index (χ1v) is 8.59. The number of aryl methyl sites for hydroxylation is 1. The zero-order valence-corrected chi connectivity index (χ0v) is 14.8. The summed E-state index contributed by atoms with van der Waals surface area (Å²) in [5.74, 6) is 0.437. The highest BCUT2D eigenvalue weighted by Crippen LogP contribution is 2.13. The van der Waals surface area contributed by atoms with Gasteiger partial charge in [-0.1, -0.05) is 42.0 Å². The number of rotatable bonds is 7. The number of aliphatic imine (C=N–C) groups is 1. The topological polar surface area (TPSA) is 56.7 Å². The molecule has 2 aromatic rings. The van der Waals surface area contributed by atoms with Crippen molar-refractivity contribution in [2.75, 3.05) is 19.6 Å². The third-order valence-corrected chi connectivity index (χ3v) is 3.85. The van der Waals surface area contributed by atoms with Crippen LogP contribution >= 0.6 is 0 Å². The van der Waals surface area contributed by atoms with E-state index < -0.39 is 6.10 Å². The van der Waals surface area contributed by atoms with E-state index in [-0.39, 0.29) is 12.4 Å². The van der Waals surface area contributed by atoms with Crippen LogP contribution in [0, 0.1) is 12.7 Å². The highest BCUT2D eigenvalue weighted by atomic mass is 19.1. The van der Waals surface area contributed by atoms with Crippen molar-refractivity contribution in [3.05, 3.63) is 71.0 Å². The van der Waals surface area contributed by atoms with Gasteiger partial charge in [0, 0.05) is 13.1 Å². The third-order valence-electron chi connectivity index (χ3n) is 3.85. The van der Waals surface area contributed by atoms with Gasteiger partial charge in [-0.05, 0) is 43.5 Å². The number of hydrogen-bond acceptors (Lipinski definition) is 2. The Kier molecular flexibility index (Phi) is 7.41. The van der Waals surface area contributed by atoms with Gasteiger partial charge in [0.05, 0.1) is 12.6 Å². The minimum absolute atomic E-state index is 0.225. The second-order valence-corrected chi connectivity index (χ2v) is 5.95. The van der Waals surface area contributed by atoms with E-state index in [1.807, 2.05) is 38.1 Å². The molecular formula is C20H26FN3O. The van der Waals surface area contributed by atoms with Crippen molar-refractivity contribution >= 4 is 5.96 Å². The second-order valence-electron chi connectivity index (χ2n) is 5.95. The quantitative estimate of drug-likeness (QED) is 0.535. The molecule has 0 saturated heterocycles. The van der Waals surface area contributed by atoms with Crippen LogP contribution in [-0.2, 0) is 6.42 Å². The van der Waals surface area contributed by atoms with Gasteiger partial charge in [0.2, 0.25) is 0 Å². The van der Waals surface area contributed by atoms with Crippen LogP contribution in [0.25, 0.3) is 0 Å². The lowest BCUT2D eigenvalue weighted by Gasteiger charge is -2.13. The zero-order chi connectivity index (χ0) is 18.1. The van der Waals surface area contributed by atoms with Gasteiger partial charge in [0.1, 0.15) is 5.82 Å². The normalized spacial score (nSPS) is 12.7. The Balaban J connectivity index is 1.86. The Hall–Kier alpha value is -2.40. The summed E-state index contributed by atoms with van der Waals surface area (Å²) < 4.78 is 12.9. The lowest BCUT2D eigenvalue weighted by atomic mass is 10.1. The van der Waals surface area contributed by atoms with Gasteiger partial charge in [-0.3, -0.25) is 4.99 Å². The van der Waals surface area contributed by atoms with Crippen LogP contribution in [-0.4, -0.2) is 30.7 Å². The summed E-state index contributed by atoms with van der Waals surface area (Å²) in [6.07, 6.45) is 0.138. The Morgan fingerprint density at radius 1 is 1.08 bits per heavy atom. The van der Waals surface area contributed by atoms with Crippen LogP contribution < -0.4 is 10.6 Å². The van der Waals surface area contributed by atoms with Crippen LogP contribution in [0.3, 0.4) is 0 Å². The summed E-state index contributed by atoms with van der Waals surface area (Å²) in [5.41, 5.74) is 3.08. The van der Waals surface area contributed by atoms with Crippen LogP contribution in [0.15, 0.2) is 53.5 Å².